The Bertz CT molecular complexity index is 581. The van der Waals surface area contributed by atoms with Crippen molar-refractivity contribution in [1.29, 1.82) is 0 Å². The molecule has 0 radical (unpaired) electrons. The molecule has 0 aromatic heterocycles. The van der Waals surface area contributed by atoms with Gasteiger partial charge in [0.05, 0.1) is 5.56 Å². The third kappa shape index (κ3) is 3.37. The van der Waals surface area contributed by atoms with Gasteiger partial charge in [0.25, 0.3) is 0 Å². The van der Waals surface area contributed by atoms with Gasteiger partial charge in [-0.3, -0.25) is 4.79 Å². The Morgan fingerprint density at radius 3 is 2.52 bits per heavy atom. The normalized spacial score (nSPS) is 25.2. The highest BCUT2D eigenvalue weighted by Gasteiger charge is 2.49. The number of nitrogens with one attached hydrogen (secondary N) is 1. The van der Waals surface area contributed by atoms with E-state index in [1.165, 1.54) is 12.1 Å². The van der Waals surface area contributed by atoms with Crippen LogP contribution in [0.4, 0.5) is 13.2 Å². The zero-order chi connectivity index (χ0) is 16.6. The molecule has 1 saturated heterocycles. The Labute approximate surface area is 133 Å². The summed E-state index contributed by atoms with van der Waals surface area (Å²) in [5, 5.41) is 3.25. The second-order valence-corrected chi connectivity index (χ2v) is 6.46. The van der Waals surface area contributed by atoms with Crippen LogP contribution in [0.5, 0.6) is 0 Å². The number of benzene rings is 1. The van der Waals surface area contributed by atoms with Gasteiger partial charge in [-0.05, 0) is 49.9 Å². The van der Waals surface area contributed by atoms with E-state index in [4.69, 9.17) is 0 Å². The highest BCUT2D eigenvalue weighted by Crippen LogP contribution is 2.51. The summed E-state index contributed by atoms with van der Waals surface area (Å²) in [5.41, 5.74) is -0.345. The Kier molecular flexibility index (Phi) is 4.36. The molecule has 2 atom stereocenters. The second kappa shape index (κ2) is 6.15. The lowest BCUT2D eigenvalue weighted by atomic mass is 10.0. The van der Waals surface area contributed by atoms with Crippen LogP contribution in [0.2, 0.25) is 0 Å². The van der Waals surface area contributed by atoms with E-state index in [1.54, 1.807) is 18.0 Å². The maximum Gasteiger partial charge on any atom is 0.416 e. The number of nitrogens with zero attached hydrogens (tertiary/aromatic N) is 1. The fourth-order valence-corrected chi connectivity index (χ4v) is 3.53. The van der Waals surface area contributed by atoms with Gasteiger partial charge in [0.1, 0.15) is 0 Å². The van der Waals surface area contributed by atoms with E-state index in [2.05, 4.69) is 5.32 Å². The molecule has 1 amide bonds. The molecule has 0 spiro atoms. The minimum absolute atomic E-state index is 0.0149. The van der Waals surface area contributed by atoms with Gasteiger partial charge in [0.15, 0.2) is 0 Å². The van der Waals surface area contributed by atoms with Gasteiger partial charge in [-0.15, -0.1) is 0 Å². The SMILES string of the molecule is CN(C(=O)[C@H]1C[C@H]1c1ccccc1C(F)(F)F)C1CCNCC1. The smallest absolute Gasteiger partial charge is 0.342 e. The summed E-state index contributed by atoms with van der Waals surface area (Å²) in [6, 6.07) is 5.81. The van der Waals surface area contributed by atoms with Crippen molar-refractivity contribution < 1.29 is 18.0 Å². The van der Waals surface area contributed by atoms with E-state index in [0.717, 1.165) is 32.0 Å². The first kappa shape index (κ1) is 16.3. The molecule has 126 valence electrons. The fourth-order valence-electron chi connectivity index (χ4n) is 3.53. The van der Waals surface area contributed by atoms with Crippen molar-refractivity contribution in [2.24, 2.45) is 5.92 Å². The maximum absolute atomic E-state index is 13.1. The number of rotatable bonds is 3. The van der Waals surface area contributed by atoms with Gasteiger partial charge in [-0.25, -0.2) is 0 Å². The minimum Gasteiger partial charge on any atom is -0.342 e. The number of alkyl halides is 3. The van der Waals surface area contributed by atoms with Crippen LogP contribution in [0, 0.1) is 5.92 Å². The average Bonchev–Trinajstić information content (AvgIpc) is 3.34. The van der Waals surface area contributed by atoms with E-state index in [9.17, 15) is 18.0 Å². The van der Waals surface area contributed by atoms with Gasteiger partial charge >= 0.3 is 6.18 Å². The Morgan fingerprint density at radius 1 is 1.22 bits per heavy atom. The van der Waals surface area contributed by atoms with Crippen molar-refractivity contribution in [2.75, 3.05) is 20.1 Å². The van der Waals surface area contributed by atoms with Crippen LogP contribution < -0.4 is 5.32 Å². The molecule has 23 heavy (non-hydrogen) atoms. The number of piperidine rings is 1. The highest BCUT2D eigenvalue weighted by molar-refractivity contribution is 5.83. The molecular formula is C17H21F3N2O. The number of hydrogen-bond acceptors (Lipinski definition) is 2. The van der Waals surface area contributed by atoms with Gasteiger partial charge in [0.2, 0.25) is 5.91 Å². The first-order chi connectivity index (χ1) is 10.9. The molecule has 2 aliphatic rings. The van der Waals surface area contributed by atoms with E-state index >= 15 is 0 Å². The molecule has 3 rings (SSSR count). The lowest BCUT2D eigenvalue weighted by molar-refractivity contribution is -0.139. The van der Waals surface area contributed by atoms with E-state index < -0.39 is 11.7 Å². The maximum atomic E-state index is 13.1. The summed E-state index contributed by atoms with van der Waals surface area (Å²) >= 11 is 0. The summed E-state index contributed by atoms with van der Waals surface area (Å²) in [6.07, 6.45) is -2.05. The Balaban J connectivity index is 1.71. The standard InChI is InChI=1S/C17H21F3N2O/c1-22(11-6-8-21-9-7-11)16(23)14-10-13(14)12-4-2-3-5-15(12)17(18,19)20/h2-5,11,13-14,21H,6-10H2,1H3/t13-,14-/m0/s1. The zero-order valence-electron chi connectivity index (χ0n) is 13.1. The van der Waals surface area contributed by atoms with Crippen molar-refractivity contribution in [3.63, 3.8) is 0 Å². The topological polar surface area (TPSA) is 32.3 Å². The minimum atomic E-state index is -4.37. The van der Waals surface area contributed by atoms with Crippen LogP contribution in [-0.2, 0) is 11.0 Å². The largest absolute Gasteiger partial charge is 0.416 e. The molecule has 1 aliphatic carbocycles. The fraction of sp³-hybridized carbons (Fsp3) is 0.588. The van der Waals surface area contributed by atoms with Crippen LogP contribution >= 0.6 is 0 Å². The summed E-state index contributed by atoms with van der Waals surface area (Å²) in [7, 11) is 1.78. The zero-order valence-corrected chi connectivity index (χ0v) is 13.1. The Morgan fingerprint density at radius 2 is 1.87 bits per heavy atom. The van der Waals surface area contributed by atoms with Crippen LogP contribution in [0.25, 0.3) is 0 Å². The first-order valence-corrected chi connectivity index (χ1v) is 8.03. The van der Waals surface area contributed by atoms with Gasteiger partial charge < -0.3 is 10.2 Å². The molecule has 3 nitrogen and oxygen atoms in total. The number of carbonyl (C=O) groups is 1. The molecule has 1 N–H and O–H groups in total. The third-order valence-corrected chi connectivity index (χ3v) is 4.98. The molecule has 1 heterocycles. The summed E-state index contributed by atoms with van der Waals surface area (Å²) in [4.78, 5) is 14.3. The Hall–Kier alpha value is -1.56. The van der Waals surface area contributed by atoms with Crippen LogP contribution in [0.15, 0.2) is 24.3 Å². The van der Waals surface area contributed by atoms with Crippen LogP contribution in [-0.4, -0.2) is 37.0 Å². The van der Waals surface area contributed by atoms with Gasteiger partial charge in [-0.2, -0.15) is 13.2 Å². The predicted octanol–water partition coefficient (Wildman–Crippen LogP) is 3.02. The molecule has 1 aromatic rings. The van der Waals surface area contributed by atoms with Gasteiger partial charge in [0, 0.05) is 19.0 Å². The van der Waals surface area contributed by atoms with E-state index in [-0.39, 0.29) is 29.3 Å². The van der Waals surface area contributed by atoms with Crippen molar-refractivity contribution in [2.45, 2.75) is 37.4 Å². The van der Waals surface area contributed by atoms with Crippen molar-refractivity contribution in [1.82, 2.24) is 10.2 Å². The molecular weight excluding hydrogens is 305 g/mol. The molecule has 1 aliphatic heterocycles. The quantitative estimate of drug-likeness (QED) is 0.926. The molecule has 1 saturated carbocycles. The van der Waals surface area contributed by atoms with E-state index in [0.29, 0.717) is 6.42 Å². The van der Waals surface area contributed by atoms with Crippen molar-refractivity contribution in [3.8, 4) is 0 Å². The third-order valence-electron chi connectivity index (χ3n) is 4.98. The monoisotopic (exact) mass is 326 g/mol. The average molecular weight is 326 g/mol. The van der Waals surface area contributed by atoms with Gasteiger partial charge in [-0.1, -0.05) is 18.2 Å². The first-order valence-electron chi connectivity index (χ1n) is 8.03. The number of hydrogen-bond donors (Lipinski definition) is 1. The molecule has 2 fully saturated rings. The summed E-state index contributed by atoms with van der Waals surface area (Å²) in [6.45, 7) is 1.76. The highest BCUT2D eigenvalue weighted by atomic mass is 19.4. The van der Waals surface area contributed by atoms with Crippen molar-refractivity contribution in [3.05, 3.63) is 35.4 Å². The lowest BCUT2D eigenvalue weighted by Gasteiger charge is -2.32. The summed E-state index contributed by atoms with van der Waals surface area (Å²) in [5.74, 6) is -0.623. The summed E-state index contributed by atoms with van der Waals surface area (Å²) < 4.78 is 39.3. The molecule has 6 heteroatoms. The van der Waals surface area contributed by atoms with E-state index in [1.807, 2.05) is 0 Å². The second-order valence-electron chi connectivity index (χ2n) is 6.46. The number of amides is 1. The number of halogens is 3. The predicted molar refractivity (Wildman–Crippen MR) is 81.0 cm³/mol. The van der Waals surface area contributed by atoms with Crippen LogP contribution in [0.3, 0.4) is 0 Å². The van der Waals surface area contributed by atoms with Crippen LogP contribution in [0.1, 0.15) is 36.3 Å². The lowest BCUT2D eigenvalue weighted by Crippen LogP contribution is -2.44. The number of carbonyl (C=O) groups excluding carboxylic acids is 1. The molecule has 0 unspecified atom stereocenters. The molecule has 1 aromatic carbocycles. The molecule has 0 bridgehead atoms. The van der Waals surface area contributed by atoms with Crippen molar-refractivity contribution >= 4 is 5.91 Å².